The van der Waals surface area contributed by atoms with Gasteiger partial charge in [0.15, 0.2) is 0 Å². The Kier molecular flexibility index (Phi) is 4.36. The number of carboxylic acids is 1. The minimum atomic E-state index is -1.08. The SMILES string of the molecule is CC(=CCOc1ccc([N+](=O)[O-])c(F)c1)C(=O)O. The fraction of sp³-hybridized carbons (Fsp3) is 0.182. The molecule has 18 heavy (non-hydrogen) atoms. The Morgan fingerprint density at radius 2 is 2.28 bits per heavy atom. The first-order valence-corrected chi connectivity index (χ1v) is 4.88. The molecule has 0 saturated heterocycles. The Balaban J connectivity index is 2.70. The molecule has 1 aromatic rings. The van der Waals surface area contributed by atoms with Gasteiger partial charge < -0.3 is 9.84 Å². The quantitative estimate of drug-likeness (QED) is 0.494. The predicted molar refractivity (Wildman–Crippen MR) is 59.9 cm³/mol. The van der Waals surface area contributed by atoms with Crippen molar-refractivity contribution < 1.29 is 24.0 Å². The lowest BCUT2D eigenvalue weighted by atomic mass is 10.3. The van der Waals surface area contributed by atoms with Gasteiger partial charge in [0.2, 0.25) is 5.82 Å². The number of nitro groups is 1. The smallest absolute Gasteiger partial charge is 0.331 e. The third-order valence-corrected chi connectivity index (χ3v) is 2.09. The van der Waals surface area contributed by atoms with Gasteiger partial charge >= 0.3 is 11.7 Å². The molecule has 0 unspecified atom stereocenters. The Morgan fingerprint density at radius 1 is 1.61 bits per heavy atom. The topological polar surface area (TPSA) is 89.7 Å². The first kappa shape index (κ1) is 13.6. The fourth-order valence-corrected chi connectivity index (χ4v) is 1.08. The molecule has 1 rings (SSSR count). The number of carbonyl (C=O) groups is 1. The molecule has 1 N–H and O–H groups in total. The third-order valence-electron chi connectivity index (χ3n) is 2.09. The van der Waals surface area contributed by atoms with Gasteiger partial charge in [-0.3, -0.25) is 10.1 Å². The molecule has 0 bridgehead atoms. The number of benzene rings is 1. The summed E-state index contributed by atoms with van der Waals surface area (Å²) in [4.78, 5) is 20.0. The molecule has 0 aliphatic heterocycles. The molecular formula is C11H10FNO5. The van der Waals surface area contributed by atoms with Crippen molar-refractivity contribution in [3.05, 3.63) is 45.8 Å². The molecule has 0 aliphatic carbocycles. The summed E-state index contributed by atoms with van der Waals surface area (Å²) in [5.74, 6) is -1.99. The molecule has 0 heterocycles. The summed E-state index contributed by atoms with van der Waals surface area (Å²) in [6.07, 6.45) is 1.31. The zero-order valence-corrected chi connectivity index (χ0v) is 9.42. The van der Waals surface area contributed by atoms with Crippen LogP contribution in [0.1, 0.15) is 6.92 Å². The number of aliphatic carboxylic acids is 1. The van der Waals surface area contributed by atoms with Gasteiger partial charge in [-0.25, -0.2) is 4.79 Å². The van der Waals surface area contributed by atoms with Gasteiger partial charge in [0, 0.05) is 17.7 Å². The lowest BCUT2D eigenvalue weighted by Crippen LogP contribution is -2.01. The molecule has 0 saturated carbocycles. The van der Waals surface area contributed by atoms with Gasteiger partial charge in [-0.05, 0) is 19.1 Å². The van der Waals surface area contributed by atoms with Crippen LogP contribution in [-0.2, 0) is 4.79 Å². The number of halogens is 1. The second-order valence-electron chi connectivity index (χ2n) is 3.37. The number of rotatable bonds is 5. The number of nitrogens with zero attached hydrogens (tertiary/aromatic N) is 1. The van der Waals surface area contributed by atoms with E-state index in [0.29, 0.717) is 0 Å². The molecular weight excluding hydrogens is 245 g/mol. The van der Waals surface area contributed by atoms with Crippen molar-refractivity contribution >= 4 is 11.7 Å². The summed E-state index contributed by atoms with van der Waals surface area (Å²) in [7, 11) is 0. The maximum absolute atomic E-state index is 13.2. The van der Waals surface area contributed by atoms with E-state index in [2.05, 4.69) is 0 Å². The highest BCUT2D eigenvalue weighted by Crippen LogP contribution is 2.22. The molecule has 0 aromatic heterocycles. The molecule has 96 valence electrons. The van der Waals surface area contributed by atoms with Crippen molar-refractivity contribution in [2.45, 2.75) is 6.92 Å². The zero-order chi connectivity index (χ0) is 13.7. The van der Waals surface area contributed by atoms with Crippen molar-refractivity contribution in [2.75, 3.05) is 6.61 Å². The van der Waals surface area contributed by atoms with E-state index in [-0.39, 0.29) is 17.9 Å². The monoisotopic (exact) mass is 255 g/mol. The Labute approximate surface area is 101 Å². The van der Waals surface area contributed by atoms with Crippen molar-refractivity contribution in [3.8, 4) is 5.75 Å². The average molecular weight is 255 g/mol. The Morgan fingerprint density at radius 3 is 2.78 bits per heavy atom. The van der Waals surface area contributed by atoms with E-state index in [9.17, 15) is 19.3 Å². The number of ether oxygens (including phenoxy) is 1. The molecule has 0 atom stereocenters. The second-order valence-corrected chi connectivity index (χ2v) is 3.37. The number of hydrogen-bond acceptors (Lipinski definition) is 4. The van der Waals surface area contributed by atoms with Crippen LogP contribution in [0, 0.1) is 15.9 Å². The van der Waals surface area contributed by atoms with Gasteiger partial charge in [-0.2, -0.15) is 4.39 Å². The molecule has 0 radical (unpaired) electrons. The highest BCUT2D eigenvalue weighted by molar-refractivity contribution is 5.85. The molecule has 0 fully saturated rings. The van der Waals surface area contributed by atoms with Crippen LogP contribution in [0.4, 0.5) is 10.1 Å². The molecule has 1 aromatic carbocycles. The summed E-state index contributed by atoms with van der Waals surface area (Å²) in [5.41, 5.74) is -0.544. The fourth-order valence-electron chi connectivity index (χ4n) is 1.08. The largest absolute Gasteiger partial charge is 0.489 e. The predicted octanol–water partition coefficient (Wildman–Crippen LogP) is 2.14. The number of nitro benzene ring substituents is 1. The number of hydrogen-bond donors (Lipinski definition) is 1. The summed E-state index contributed by atoms with van der Waals surface area (Å²) in [5, 5.41) is 18.9. The summed E-state index contributed by atoms with van der Waals surface area (Å²) < 4.78 is 18.2. The van der Waals surface area contributed by atoms with Gasteiger partial charge in [0.05, 0.1) is 4.92 Å². The van der Waals surface area contributed by atoms with E-state index in [1.807, 2.05) is 0 Å². The average Bonchev–Trinajstić information content (AvgIpc) is 2.28. The van der Waals surface area contributed by atoms with Crippen LogP contribution in [0.5, 0.6) is 5.75 Å². The van der Waals surface area contributed by atoms with Crippen LogP contribution in [0.15, 0.2) is 29.8 Å². The van der Waals surface area contributed by atoms with Gasteiger partial charge in [-0.1, -0.05) is 0 Å². The summed E-state index contributed by atoms with van der Waals surface area (Å²) in [6.45, 7) is 1.33. The minimum absolute atomic E-state index is 0.0601. The molecule has 0 aliphatic rings. The van der Waals surface area contributed by atoms with Crippen molar-refractivity contribution in [1.82, 2.24) is 0 Å². The zero-order valence-electron chi connectivity index (χ0n) is 9.42. The minimum Gasteiger partial charge on any atom is -0.489 e. The Bertz CT molecular complexity index is 512. The molecule has 6 nitrogen and oxygen atoms in total. The van der Waals surface area contributed by atoms with Crippen LogP contribution < -0.4 is 4.74 Å². The van der Waals surface area contributed by atoms with E-state index in [0.717, 1.165) is 12.1 Å². The van der Waals surface area contributed by atoms with E-state index in [1.54, 1.807) is 0 Å². The van der Waals surface area contributed by atoms with Crippen molar-refractivity contribution in [3.63, 3.8) is 0 Å². The van der Waals surface area contributed by atoms with Crippen molar-refractivity contribution in [2.24, 2.45) is 0 Å². The summed E-state index contributed by atoms with van der Waals surface area (Å²) in [6, 6.07) is 3.10. The molecule has 0 spiro atoms. The van der Waals surface area contributed by atoms with E-state index in [1.165, 1.54) is 19.1 Å². The summed E-state index contributed by atoms with van der Waals surface area (Å²) >= 11 is 0. The van der Waals surface area contributed by atoms with Gasteiger partial charge in [0.1, 0.15) is 12.4 Å². The molecule has 0 amide bonds. The second kappa shape index (κ2) is 5.76. The van der Waals surface area contributed by atoms with E-state index < -0.39 is 22.4 Å². The normalized spacial score (nSPS) is 11.1. The van der Waals surface area contributed by atoms with Gasteiger partial charge in [0.25, 0.3) is 0 Å². The Hall–Kier alpha value is -2.44. The lowest BCUT2D eigenvalue weighted by Gasteiger charge is -2.03. The first-order valence-electron chi connectivity index (χ1n) is 4.88. The van der Waals surface area contributed by atoms with Crippen molar-refractivity contribution in [1.29, 1.82) is 0 Å². The highest BCUT2D eigenvalue weighted by Gasteiger charge is 2.13. The number of carboxylic acid groups (broad SMARTS) is 1. The van der Waals surface area contributed by atoms with Gasteiger partial charge in [-0.15, -0.1) is 0 Å². The molecule has 7 heteroatoms. The van der Waals surface area contributed by atoms with E-state index >= 15 is 0 Å². The maximum Gasteiger partial charge on any atom is 0.331 e. The van der Waals surface area contributed by atoms with Crippen LogP contribution in [0.3, 0.4) is 0 Å². The standard InChI is InChI=1S/C11H10FNO5/c1-7(11(14)15)4-5-18-8-2-3-10(13(16)17)9(12)6-8/h2-4,6H,5H2,1H3,(H,14,15). The van der Waals surface area contributed by atoms with E-state index in [4.69, 9.17) is 9.84 Å². The highest BCUT2D eigenvalue weighted by atomic mass is 19.1. The van der Waals surface area contributed by atoms with Crippen LogP contribution >= 0.6 is 0 Å². The van der Waals surface area contributed by atoms with Crippen LogP contribution in [0.2, 0.25) is 0 Å². The maximum atomic E-state index is 13.2. The lowest BCUT2D eigenvalue weighted by molar-refractivity contribution is -0.387. The van der Waals surface area contributed by atoms with Crippen LogP contribution in [0.25, 0.3) is 0 Å². The first-order chi connectivity index (χ1) is 8.41. The third kappa shape index (κ3) is 3.55. The van der Waals surface area contributed by atoms with Crippen LogP contribution in [-0.4, -0.2) is 22.6 Å².